The molecule has 2 amide bonds. The molecule has 2 rings (SSSR count). The van der Waals surface area contributed by atoms with Gasteiger partial charge in [0.2, 0.25) is 11.8 Å². The fourth-order valence-electron chi connectivity index (χ4n) is 2.14. The quantitative estimate of drug-likeness (QED) is 0.747. The third kappa shape index (κ3) is 5.56. The van der Waals surface area contributed by atoms with Gasteiger partial charge < -0.3 is 15.6 Å². The Morgan fingerprint density at radius 1 is 1.29 bits per heavy atom. The first kappa shape index (κ1) is 18.3. The molecule has 1 aromatic carbocycles. The molecule has 1 atom stereocenters. The Morgan fingerprint density at radius 3 is 2.67 bits per heavy atom. The lowest BCUT2D eigenvalue weighted by atomic mass is 10.1. The molecule has 0 aliphatic carbocycles. The van der Waals surface area contributed by atoms with Crippen LogP contribution in [0.15, 0.2) is 24.3 Å². The van der Waals surface area contributed by atoms with Gasteiger partial charge in [0, 0.05) is 5.54 Å². The zero-order valence-corrected chi connectivity index (χ0v) is 15.3. The highest BCUT2D eigenvalue weighted by Crippen LogP contribution is 2.14. The van der Waals surface area contributed by atoms with Crippen LogP contribution in [0.1, 0.15) is 33.5 Å². The van der Waals surface area contributed by atoms with E-state index >= 15 is 0 Å². The van der Waals surface area contributed by atoms with Gasteiger partial charge in [-0.05, 0) is 39.8 Å². The van der Waals surface area contributed by atoms with Crippen molar-refractivity contribution in [2.24, 2.45) is 0 Å². The summed E-state index contributed by atoms with van der Waals surface area (Å²) in [6.07, 6.45) is 0. The Morgan fingerprint density at radius 2 is 2.00 bits per heavy atom. The van der Waals surface area contributed by atoms with E-state index in [1.165, 1.54) is 11.8 Å². The Kier molecular flexibility index (Phi) is 5.88. The Hall–Kier alpha value is -2.02. The highest BCUT2D eigenvalue weighted by atomic mass is 32.2. The molecular formula is C17H24N4O2S. The van der Waals surface area contributed by atoms with Gasteiger partial charge in [0.1, 0.15) is 11.9 Å². The second-order valence-corrected chi connectivity index (χ2v) is 7.71. The molecule has 0 spiro atoms. The summed E-state index contributed by atoms with van der Waals surface area (Å²) in [6.45, 7) is 7.40. The molecule has 130 valence electrons. The van der Waals surface area contributed by atoms with Crippen LogP contribution in [0.2, 0.25) is 0 Å². The maximum Gasteiger partial charge on any atom is 0.242 e. The molecule has 1 aromatic heterocycles. The van der Waals surface area contributed by atoms with E-state index in [9.17, 15) is 9.59 Å². The van der Waals surface area contributed by atoms with Gasteiger partial charge in [-0.25, -0.2) is 4.98 Å². The maximum atomic E-state index is 11.9. The number of nitrogens with zero attached hydrogens (tertiary/aromatic N) is 1. The van der Waals surface area contributed by atoms with Crippen LogP contribution in [-0.4, -0.2) is 39.1 Å². The van der Waals surface area contributed by atoms with Crippen molar-refractivity contribution in [1.29, 1.82) is 0 Å². The van der Waals surface area contributed by atoms with E-state index in [0.717, 1.165) is 16.9 Å². The number of amides is 2. The predicted molar refractivity (Wildman–Crippen MR) is 97.8 cm³/mol. The number of H-pyrrole nitrogens is 1. The number of fused-ring (bicyclic) bond motifs is 1. The largest absolute Gasteiger partial charge is 0.350 e. The molecule has 7 heteroatoms. The molecule has 2 aromatic rings. The molecule has 0 bridgehead atoms. The Balaban J connectivity index is 1.75. The number of carbonyl (C=O) groups is 2. The number of carbonyl (C=O) groups excluding carboxylic acids is 2. The van der Waals surface area contributed by atoms with Crippen molar-refractivity contribution >= 4 is 34.6 Å². The number of hydrogen-bond donors (Lipinski definition) is 3. The van der Waals surface area contributed by atoms with Gasteiger partial charge in [-0.1, -0.05) is 12.1 Å². The molecule has 0 fully saturated rings. The lowest BCUT2D eigenvalue weighted by Crippen LogP contribution is -2.51. The lowest BCUT2D eigenvalue weighted by Gasteiger charge is -2.23. The number of rotatable bonds is 6. The number of thioether (sulfide) groups is 1. The van der Waals surface area contributed by atoms with E-state index in [1.807, 2.05) is 45.0 Å². The van der Waals surface area contributed by atoms with Crippen LogP contribution in [0.4, 0.5) is 0 Å². The van der Waals surface area contributed by atoms with Gasteiger partial charge >= 0.3 is 0 Å². The van der Waals surface area contributed by atoms with E-state index in [4.69, 9.17) is 0 Å². The summed E-state index contributed by atoms with van der Waals surface area (Å²) in [4.78, 5) is 31.6. The van der Waals surface area contributed by atoms with Crippen molar-refractivity contribution in [2.75, 3.05) is 5.75 Å². The van der Waals surface area contributed by atoms with Crippen molar-refractivity contribution in [3.63, 3.8) is 0 Å². The summed E-state index contributed by atoms with van der Waals surface area (Å²) in [5, 5.41) is 5.56. The summed E-state index contributed by atoms with van der Waals surface area (Å²) in [7, 11) is 0. The number of aromatic nitrogens is 2. The second-order valence-electron chi connectivity index (χ2n) is 6.72. The maximum absolute atomic E-state index is 11.9. The van der Waals surface area contributed by atoms with Crippen LogP contribution < -0.4 is 10.6 Å². The fourth-order valence-corrected chi connectivity index (χ4v) is 2.84. The SMILES string of the molecule is C[C@H](NC(=O)CSCc1nc2ccccc2[nH]1)C(=O)NC(C)(C)C. The van der Waals surface area contributed by atoms with Crippen LogP contribution >= 0.6 is 11.8 Å². The van der Waals surface area contributed by atoms with Gasteiger partial charge in [0.25, 0.3) is 0 Å². The second kappa shape index (κ2) is 7.70. The minimum absolute atomic E-state index is 0.160. The van der Waals surface area contributed by atoms with Crippen LogP contribution in [0.25, 0.3) is 11.0 Å². The molecule has 6 nitrogen and oxygen atoms in total. The van der Waals surface area contributed by atoms with Gasteiger partial charge in [-0.2, -0.15) is 0 Å². The van der Waals surface area contributed by atoms with E-state index in [1.54, 1.807) is 6.92 Å². The average molecular weight is 348 g/mol. The molecule has 24 heavy (non-hydrogen) atoms. The van der Waals surface area contributed by atoms with E-state index in [2.05, 4.69) is 20.6 Å². The monoisotopic (exact) mass is 348 g/mol. The highest BCUT2D eigenvalue weighted by molar-refractivity contribution is 7.99. The van der Waals surface area contributed by atoms with Crippen LogP contribution in [-0.2, 0) is 15.3 Å². The normalized spacial score (nSPS) is 12.8. The summed E-state index contributed by atoms with van der Waals surface area (Å²) in [5.41, 5.74) is 1.60. The number of para-hydroxylation sites is 2. The molecule has 0 unspecified atom stereocenters. The Labute approximate surface area is 146 Å². The van der Waals surface area contributed by atoms with Gasteiger partial charge in [0.05, 0.1) is 22.5 Å². The summed E-state index contributed by atoms with van der Waals surface area (Å²) in [5.74, 6) is 1.40. The van der Waals surface area contributed by atoms with Crippen molar-refractivity contribution in [3.05, 3.63) is 30.1 Å². The zero-order chi connectivity index (χ0) is 17.7. The number of benzene rings is 1. The van der Waals surface area contributed by atoms with Crippen LogP contribution in [0.3, 0.4) is 0 Å². The van der Waals surface area contributed by atoms with Crippen molar-refractivity contribution < 1.29 is 9.59 Å². The number of nitrogens with one attached hydrogen (secondary N) is 3. The van der Waals surface area contributed by atoms with E-state index in [0.29, 0.717) is 5.75 Å². The first-order valence-corrected chi connectivity index (χ1v) is 9.03. The number of hydrogen-bond acceptors (Lipinski definition) is 4. The van der Waals surface area contributed by atoms with Gasteiger partial charge in [0.15, 0.2) is 0 Å². The average Bonchev–Trinajstić information content (AvgIpc) is 2.87. The molecule has 0 saturated heterocycles. The minimum atomic E-state index is -0.552. The molecular weight excluding hydrogens is 324 g/mol. The molecule has 3 N–H and O–H groups in total. The molecule has 0 aliphatic rings. The van der Waals surface area contributed by atoms with Crippen molar-refractivity contribution in [3.8, 4) is 0 Å². The van der Waals surface area contributed by atoms with Crippen LogP contribution in [0, 0.1) is 0 Å². The molecule has 0 aliphatic heterocycles. The standard InChI is InChI=1S/C17H24N4O2S/c1-11(16(23)21-17(2,3)4)18-15(22)10-24-9-14-19-12-7-5-6-8-13(12)20-14/h5-8,11H,9-10H2,1-4H3,(H,18,22)(H,19,20)(H,21,23)/t11-/m0/s1. The number of imidazole rings is 1. The van der Waals surface area contributed by atoms with E-state index in [-0.39, 0.29) is 23.1 Å². The fraction of sp³-hybridized carbons (Fsp3) is 0.471. The molecule has 0 saturated carbocycles. The minimum Gasteiger partial charge on any atom is -0.350 e. The summed E-state index contributed by atoms with van der Waals surface area (Å²) < 4.78 is 0. The van der Waals surface area contributed by atoms with Crippen LogP contribution in [0.5, 0.6) is 0 Å². The van der Waals surface area contributed by atoms with E-state index < -0.39 is 6.04 Å². The first-order chi connectivity index (χ1) is 11.2. The predicted octanol–water partition coefficient (Wildman–Crippen LogP) is 2.22. The first-order valence-electron chi connectivity index (χ1n) is 7.87. The highest BCUT2D eigenvalue weighted by Gasteiger charge is 2.20. The Bertz CT molecular complexity index is 688. The smallest absolute Gasteiger partial charge is 0.242 e. The van der Waals surface area contributed by atoms with Gasteiger partial charge in [-0.15, -0.1) is 11.8 Å². The van der Waals surface area contributed by atoms with Gasteiger partial charge in [-0.3, -0.25) is 9.59 Å². The lowest BCUT2D eigenvalue weighted by molar-refractivity contribution is -0.128. The topological polar surface area (TPSA) is 86.9 Å². The van der Waals surface area contributed by atoms with Crippen molar-refractivity contribution in [2.45, 2.75) is 45.0 Å². The molecule has 0 radical (unpaired) electrons. The number of aromatic amines is 1. The summed E-state index contributed by atoms with van der Waals surface area (Å²) in [6, 6.07) is 7.26. The summed E-state index contributed by atoms with van der Waals surface area (Å²) >= 11 is 1.46. The molecule has 1 heterocycles. The van der Waals surface area contributed by atoms with Crippen molar-refractivity contribution in [1.82, 2.24) is 20.6 Å². The third-order valence-electron chi connectivity index (χ3n) is 3.18. The zero-order valence-electron chi connectivity index (χ0n) is 14.5. The third-order valence-corrected chi connectivity index (χ3v) is 4.12.